The number of methoxy groups -OCH3 is 1. The smallest absolute Gasteiger partial charge is 0.248 e. The fourth-order valence-corrected chi connectivity index (χ4v) is 3.47. The van der Waals surface area contributed by atoms with E-state index in [4.69, 9.17) is 20.8 Å². The second kappa shape index (κ2) is 8.73. The number of benzene rings is 3. The van der Waals surface area contributed by atoms with Crippen LogP contribution < -0.4 is 10.1 Å². The van der Waals surface area contributed by atoms with E-state index in [9.17, 15) is 4.79 Å². The normalized spacial score (nSPS) is 11.2. The molecule has 0 saturated carbocycles. The van der Waals surface area contributed by atoms with Crippen molar-refractivity contribution in [3.8, 4) is 17.2 Å². The van der Waals surface area contributed by atoms with E-state index in [1.54, 1.807) is 31.4 Å². The first-order valence-electron chi connectivity index (χ1n) is 9.01. The monoisotopic (exact) mass is 482 g/mol. The van der Waals surface area contributed by atoms with Gasteiger partial charge in [0.1, 0.15) is 11.3 Å². The van der Waals surface area contributed by atoms with Crippen molar-refractivity contribution in [2.24, 2.45) is 0 Å². The first-order valence-corrected chi connectivity index (χ1v) is 10.2. The standard InChI is InChI=1S/C23H16BrClN2O3/c1-29-20-10-8-16(24)12-14(20)7-11-22(28)26-19-13-15(6-9-17(19)25)23-27-18-4-2-3-5-21(18)30-23/h2-13H,1H3,(H,26,28). The minimum Gasteiger partial charge on any atom is -0.496 e. The number of hydrogen-bond acceptors (Lipinski definition) is 4. The van der Waals surface area contributed by atoms with E-state index in [1.807, 2.05) is 42.5 Å². The Hall–Kier alpha value is -3.09. The van der Waals surface area contributed by atoms with Crippen LogP contribution >= 0.6 is 27.5 Å². The number of fused-ring (bicyclic) bond motifs is 1. The van der Waals surface area contributed by atoms with Crippen molar-refractivity contribution in [1.29, 1.82) is 0 Å². The highest BCUT2D eigenvalue weighted by molar-refractivity contribution is 9.10. The van der Waals surface area contributed by atoms with Crippen LogP contribution in [0.3, 0.4) is 0 Å². The molecule has 0 bridgehead atoms. The third kappa shape index (κ3) is 4.40. The topological polar surface area (TPSA) is 64.4 Å². The number of para-hydroxylation sites is 2. The fraction of sp³-hybridized carbons (Fsp3) is 0.0435. The number of rotatable bonds is 5. The minimum absolute atomic E-state index is 0.325. The van der Waals surface area contributed by atoms with Crippen molar-refractivity contribution in [1.82, 2.24) is 4.98 Å². The molecule has 0 atom stereocenters. The summed E-state index contributed by atoms with van der Waals surface area (Å²) < 4.78 is 12.0. The molecule has 1 N–H and O–H groups in total. The van der Waals surface area contributed by atoms with E-state index in [0.29, 0.717) is 33.5 Å². The summed E-state index contributed by atoms with van der Waals surface area (Å²) in [7, 11) is 1.58. The second-order valence-electron chi connectivity index (χ2n) is 6.39. The number of hydrogen-bond donors (Lipinski definition) is 1. The Balaban J connectivity index is 1.56. The van der Waals surface area contributed by atoms with Gasteiger partial charge in [-0.3, -0.25) is 4.79 Å². The number of anilines is 1. The molecule has 4 aromatic rings. The van der Waals surface area contributed by atoms with Crippen LogP contribution in [0.25, 0.3) is 28.6 Å². The van der Waals surface area contributed by atoms with Gasteiger partial charge in [0.25, 0.3) is 0 Å². The van der Waals surface area contributed by atoms with Crippen LogP contribution in [-0.2, 0) is 4.79 Å². The van der Waals surface area contributed by atoms with E-state index in [0.717, 1.165) is 15.6 Å². The molecule has 30 heavy (non-hydrogen) atoms. The number of carbonyl (C=O) groups excluding carboxylic acids is 1. The summed E-state index contributed by atoms with van der Waals surface area (Å²) in [5.41, 5.74) is 3.40. The van der Waals surface area contributed by atoms with Gasteiger partial charge in [-0.15, -0.1) is 0 Å². The summed E-state index contributed by atoms with van der Waals surface area (Å²) in [6, 6.07) is 18.3. The van der Waals surface area contributed by atoms with Gasteiger partial charge in [-0.2, -0.15) is 0 Å². The van der Waals surface area contributed by atoms with Crippen LogP contribution in [0.15, 0.2) is 75.6 Å². The largest absolute Gasteiger partial charge is 0.496 e. The quantitative estimate of drug-likeness (QED) is 0.326. The Labute approximate surface area is 186 Å². The molecule has 1 heterocycles. The minimum atomic E-state index is -0.325. The third-order valence-corrected chi connectivity index (χ3v) is 5.19. The zero-order chi connectivity index (χ0) is 21.1. The molecular weight excluding hydrogens is 468 g/mol. The molecule has 0 saturated heterocycles. The number of oxazole rings is 1. The van der Waals surface area contributed by atoms with Gasteiger partial charge in [-0.05, 0) is 54.6 Å². The van der Waals surface area contributed by atoms with Gasteiger partial charge in [-0.25, -0.2) is 4.98 Å². The van der Waals surface area contributed by atoms with Crippen LogP contribution in [0.2, 0.25) is 5.02 Å². The van der Waals surface area contributed by atoms with E-state index in [2.05, 4.69) is 26.2 Å². The van der Waals surface area contributed by atoms with Crippen LogP contribution in [-0.4, -0.2) is 18.0 Å². The molecule has 7 heteroatoms. The summed E-state index contributed by atoms with van der Waals surface area (Å²) in [5.74, 6) is 0.796. The van der Waals surface area contributed by atoms with Crippen LogP contribution in [0.4, 0.5) is 5.69 Å². The Morgan fingerprint density at radius 2 is 2.00 bits per heavy atom. The van der Waals surface area contributed by atoms with Gasteiger partial charge >= 0.3 is 0 Å². The molecular formula is C23H16BrClN2O3. The van der Waals surface area contributed by atoms with E-state index < -0.39 is 0 Å². The summed E-state index contributed by atoms with van der Waals surface area (Å²) in [4.78, 5) is 16.9. The molecule has 4 rings (SSSR count). The molecule has 1 amide bonds. The van der Waals surface area contributed by atoms with Crippen molar-refractivity contribution < 1.29 is 13.9 Å². The van der Waals surface area contributed by atoms with Crippen molar-refractivity contribution in [2.75, 3.05) is 12.4 Å². The molecule has 0 aliphatic heterocycles. The van der Waals surface area contributed by atoms with Gasteiger partial charge in [-0.1, -0.05) is 39.7 Å². The van der Waals surface area contributed by atoms with Gasteiger partial charge in [0.05, 0.1) is 17.8 Å². The highest BCUT2D eigenvalue weighted by Crippen LogP contribution is 2.30. The summed E-state index contributed by atoms with van der Waals surface area (Å²) in [5, 5.41) is 3.21. The highest BCUT2D eigenvalue weighted by atomic mass is 79.9. The molecule has 0 radical (unpaired) electrons. The number of halogens is 2. The predicted octanol–water partition coefficient (Wildman–Crippen LogP) is 6.57. The van der Waals surface area contributed by atoms with E-state index in [-0.39, 0.29) is 5.91 Å². The van der Waals surface area contributed by atoms with Crippen LogP contribution in [0.1, 0.15) is 5.56 Å². The summed E-state index contributed by atoms with van der Waals surface area (Å²) in [6.07, 6.45) is 3.10. The summed E-state index contributed by atoms with van der Waals surface area (Å²) >= 11 is 9.69. The molecule has 0 spiro atoms. The first kappa shape index (κ1) is 20.2. The SMILES string of the molecule is COc1ccc(Br)cc1C=CC(=O)Nc1cc(-c2nc3ccccc3o2)ccc1Cl. The van der Waals surface area contributed by atoms with Crippen molar-refractivity contribution in [3.05, 3.63) is 81.8 Å². The fourth-order valence-electron chi connectivity index (χ4n) is 2.93. The second-order valence-corrected chi connectivity index (χ2v) is 7.71. The van der Waals surface area contributed by atoms with E-state index in [1.165, 1.54) is 6.08 Å². The van der Waals surface area contributed by atoms with Gasteiger partial charge in [0, 0.05) is 21.7 Å². The highest BCUT2D eigenvalue weighted by Gasteiger charge is 2.11. The number of carbonyl (C=O) groups is 1. The van der Waals surface area contributed by atoms with Gasteiger partial charge < -0.3 is 14.5 Å². The lowest BCUT2D eigenvalue weighted by Gasteiger charge is -2.07. The number of nitrogens with zero attached hydrogens (tertiary/aromatic N) is 1. The average molecular weight is 484 g/mol. The number of amides is 1. The number of ether oxygens (including phenoxy) is 1. The maximum atomic E-state index is 12.5. The lowest BCUT2D eigenvalue weighted by Crippen LogP contribution is -2.08. The molecule has 5 nitrogen and oxygen atoms in total. The number of nitrogens with one attached hydrogen (secondary N) is 1. The van der Waals surface area contributed by atoms with Crippen molar-refractivity contribution >= 4 is 56.3 Å². The first-order chi connectivity index (χ1) is 14.5. The average Bonchev–Trinajstić information content (AvgIpc) is 3.18. The van der Waals surface area contributed by atoms with Gasteiger partial charge in [0.15, 0.2) is 5.58 Å². The molecule has 1 aromatic heterocycles. The Bertz CT molecular complexity index is 1230. The molecule has 0 unspecified atom stereocenters. The zero-order valence-corrected chi connectivity index (χ0v) is 18.2. The zero-order valence-electron chi connectivity index (χ0n) is 15.9. The Morgan fingerprint density at radius 3 is 2.80 bits per heavy atom. The molecule has 3 aromatic carbocycles. The molecule has 0 aliphatic rings. The van der Waals surface area contributed by atoms with Crippen LogP contribution in [0.5, 0.6) is 5.75 Å². The van der Waals surface area contributed by atoms with Crippen molar-refractivity contribution in [3.63, 3.8) is 0 Å². The van der Waals surface area contributed by atoms with Crippen LogP contribution in [0, 0.1) is 0 Å². The maximum Gasteiger partial charge on any atom is 0.248 e. The lowest BCUT2D eigenvalue weighted by molar-refractivity contribution is -0.111. The molecule has 0 fully saturated rings. The van der Waals surface area contributed by atoms with Crippen molar-refractivity contribution in [2.45, 2.75) is 0 Å². The van der Waals surface area contributed by atoms with Gasteiger partial charge in [0.2, 0.25) is 11.8 Å². The Morgan fingerprint density at radius 1 is 1.17 bits per heavy atom. The molecule has 0 aliphatic carbocycles. The third-order valence-electron chi connectivity index (χ3n) is 4.37. The Kier molecular flexibility index (Phi) is 5.88. The predicted molar refractivity (Wildman–Crippen MR) is 123 cm³/mol. The van der Waals surface area contributed by atoms with E-state index >= 15 is 0 Å². The molecule has 150 valence electrons. The summed E-state index contributed by atoms with van der Waals surface area (Å²) in [6.45, 7) is 0. The number of aromatic nitrogens is 1. The maximum absolute atomic E-state index is 12.5. The lowest BCUT2D eigenvalue weighted by atomic mass is 10.1.